The van der Waals surface area contributed by atoms with Crippen molar-refractivity contribution >= 4 is 0 Å². The zero-order valence-electron chi connectivity index (χ0n) is 18.5. The number of hydrogen-bond donors (Lipinski definition) is 2. The maximum Gasteiger partial charge on any atom is 0.0577 e. The second-order valence-electron chi connectivity index (χ2n) is 11.7. The van der Waals surface area contributed by atoms with Crippen LogP contribution in [0, 0.1) is 52.3 Å². The lowest BCUT2D eigenvalue weighted by Crippen LogP contribution is -2.58. The Hall–Kier alpha value is -0.0800. The summed E-state index contributed by atoms with van der Waals surface area (Å²) in [6.07, 6.45) is 10.4. The molecule has 0 heterocycles. The zero-order chi connectivity index (χ0) is 19.6. The minimum Gasteiger partial charge on any atom is -0.393 e. The van der Waals surface area contributed by atoms with Gasteiger partial charge in [0.2, 0.25) is 0 Å². The van der Waals surface area contributed by atoms with Crippen molar-refractivity contribution in [1.29, 1.82) is 0 Å². The molecular weight excluding hydrogens is 332 g/mol. The van der Waals surface area contributed by atoms with Gasteiger partial charge in [-0.05, 0) is 104 Å². The van der Waals surface area contributed by atoms with E-state index in [0.717, 1.165) is 37.0 Å². The van der Waals surface area contributed by atoms with Crippen molar-refractivity contribution in [3.63, 3.8) is 0 Å². The first-order valence-corrected chi connectivity index (χ1v) is 12.1. The van der Waals surface area contributed by atoms with E-state index in [1.807, 2.05) is 0 Å². The van der Waals surface area contributed by atoms with Gasteiger partial charge >= 0.3 is 0 Å². The molecule has 0 saturated heterocycles. The lowest BCUT2D eigenvalue weighted by molar-refractivity contribution is -0.174. The van der Waals surface area contributed by atoms with Crippen LogP contribution in [0.15, 0.2) is 0 Å². The van der Waals surface area contributed by atoms with Crippen LogP contribution in [-0.2, 0) is 0 Å². The number of rotatable bonds is 3. The third kappa shape index (κ3) is 2.95. The molecule has 2 heteroatoms. The minimum atomic E-state index is -0.138. The first-order chi connectivity index (χ1) is 12.7. The third-order valence-corrected chi connectivity index (χ3v) is 10.9. The highest BCUT2D eigenvalue weighted by Gasteiger charge is 2.62. The largest absolute Gasteiger partial charge is 0.393 e. The Bertz CT molecular complexity index is 546. The average molecular weight is 377 g/mol. The summed E-state index contributed by atoms with van der Waals surface area (Å²) in [4.78, 5) is 0. The van der Waals surface area contributed by atoms with Gasteiger partial charge in [0, 0.05) is 0 Å². The van der Waals surface area contributed by atoms with Gasteiger partial charge in [0.15, 0.2) is 0 Å². The predicted octanol–water partition coefficient (Wildman–Crippen LogP) is 5.66. The molecule has 0 aromatic heterocycles. The number of aliphatic hydroxyl groups excluding tert-OH is 2. The fraction of sp³-hybridized carbons (Fsp3) is 1.00. The van der Waals surface area contributed by atoms with Crippen LogP contribution in [0.5, 0.6) is 0 Å². The van der Waals surface area contributed by atoms with Crippen LogP contribution in [0.3, 0.4) is 0 Å². The molecule has 4 fully saturated rings. The normalized spacial score (nSPS) is 54.6. The monoisotopic (exact) mass is 376 g/mol. The summed E-state index contributed by atoms with van der Waals surface area (Å²) in [5, 5.41) is 21.5. The molecule has 4 saturated carbocycles. The van der Waals surface area contributed by atoms with E-state index in [0.29, 0.717) is 34.5 Å². The van der Waals surface area contributed by atoms with Gasteiger partial charge in [-0.1, -0.05) is 41.0 Å². The highest BCUT2D eigenvalue weighted by molar-refractivity contribution is 5.11. The SMILES string of the molecule is CC[C@@H](C)[C@@H](C)[C@H]1CCC2C3C(CC[C@@]21C)[C@@]1(C)CC[C@@H](O)C[C@H]1C[C@H]3O. The molecule has 4 aliphatic rings. The lowest BCUT2D eigenvalue weighted by atomic mass is 9.43. The third-order valence-electron chi connectivity index (χ3n) is 10.9. The fourth-order valence-electron chi connectivity index (χ4n) is 8.87. The molecule has 0 aliphatic heterocycles. The Balaban J connectivity index is 1.61. The Labute approximate surface area is 167 Å². The van der Waals surface area contributed by atoms with Crippen LogP contribution >= 0.6 is 0 Å². The summed E-state index contributed by atoms with van der Waals surface area (Å²) in [7, 11) is 0. The molecule has 0 aromatic carbocycles. The summed E-state index contributed by atoms with van der Waals surface area (Å²) in [5.41, 5.74) is 0.785. The van der Waals surface area contributed by atoms with Crippen molar-refractivity contribution in [3.05, 3.63) is 0 Å². The Morgan fingerprint density at radius 3 is 2.26 bits per heavy atom. The van der Waals surface area contributed by atoms with Gasteiger partial charge in [0.05, 0.1) is 12.2 Å². The Kier molecular flexibility index (Phi) is 5.25. The van der Waals surface area contributed by atoms with Gasteiger partial charge < -0.3 is 10.2 Å². The topological polar surface area (TPSA) is 40.5 Å². The molecule has 2 nitrogen and oxygen atoms in total. The molecule has 0 aromatic rings. The predicted molar refractivity (Wildman–Crippen MR) is 111 cm³/mol. The van der Waals surface area contributed by atoms with Gasteiger partial charge in [-0.15, -0.1) is 0 Å². The molecule has 11 atom stereocenters. The molecule has 2 N–H and O–H groups in total. The molecule has 0 bridgehead atoms. The van der Waals surface area contributed by atoms with E-state index in [-0.39, 0.29) is 12.2 Å². The van der Waals surface area contributed by atoms with Crippen molar-refractivity contribution in [2.24, 2.45) is 52.3 Å². The molecular formula is C25H44O2. The van der Waals surface area contributed by atoms with Crippen LogP contribution in [0.1, 0.15) is 92.4 Å². The first kappa shape index (κ1) is 20.2. The fourth-order valence-corrected chi connectivity index (χ4v) is 8.87. The van der Waals surface area contributed by atoms with Crippen molar-refractivity contribution in [1.82, 2.24) is 0 Å². The first-order valence-electron chi connectivity index (χ1n) is 12.1. The highest BCUT2D eigenvalue weighted by Crippen LogP contribution is 2.68. The van der Waals surface area contributed by atoms with Crippen molar-refractivity contribution < 1.29 is 10.2 Å². The van der Waals surface area contributed by atoms with Gasteiger partial charge in [0.1, 0.15) is 0 Å². The zero-order valence-corrected chi connectivity index (χ0v) is 18.5. The van der Waals surface area contributed by atoms with Crippen LogP contribution in [-0.4, -0.2) is 22.4 Å². The van der Waals surface area contributed by atoms with E-state index < -0.39 is 0 Å². The molecule has 0 spiro atoms. The Morgan fingerprint density at radius 2 is 1.56 bits per heavy atom. The van der Waals surface area contributed by atoms with Gasteiger partial charge in [-0.3, -0.25) is 0 Å². The van der Waals surface area contributed by atoms with Gasteiger partial charge in [0.25, 0.3) is 0 Å². The molecule has 0 amide bonds. The lowest BCUT2D eigenvalue weighted by Gasteiger charge is -2.62. The van der Waals surface area contributed by atoms with Crippen molar-refractivity contribution in [2.75, 3.05) is 0 Å². The van der Waals surface area contributed by atoms with E-state index in [9.17, 15) is 10.2 Å². The van der Waals surface area contributed by atoms with Crippen LogP contribution in [0.2, 0.25) is 0 Å². The summed E-state index contributed by atoms with van der Waals surface area (Å²) in [5.74, 6) is 4.87. The standard InChI is InChI=1S/C25H44O2/c1-6-15(2)16(3)19-7-8-20-23-21(10-12-25(19,20)5)24(4)11-9-18(26)13-17(24)14-22(23)27/h15-23,26-27H,6-14H2,1-5H3/t15-,16-,17+,18-,19-,20?,21?,22-,23?,24+,25-/m1/s1. The van der Waals surface area contributed by atoms with E-state index in [2.05, 4.69) is 34.6 Å². The summed E-state index contributed by atoms with van der Waals surface area (Å²) >= 11 is 0. The number of hydrogen-bond acceptors (Lipinski definition) is 2. The van der Waals surface area contributed by atoms with Crippen LogP contribution in [0.4, 0.5) is 0 Å². The van der Waals surface area contributed by atoms with E-state index in [1.54, 1.807) is 0 Å². The van der Waals surface area contributed by atoms with Crippen molar-refractivity contribution in [3.8, 4) is 0 Å². The second kappa shape index (κ2) is 7.01. The maximum atomic E-state index is 11.3. The smallest absolute Gasteiger partial charge is 0.0577 e. The quantitative estimate of drug-likeness (QED) is 0.667. The van der Waals surface area contributed by atoms with Gasteiger partial charge in [-0.2, -0.15) is 0 Å². The van der Waals surface area contributed by atoms with Crippen molar-refractivity contribution in [2.45, 2.75) is 105 Å². The van der Waals surface area contributed by atoms with Crippen LogP contribution in [0.25, 0.3) is 0 Å². The molecule has 0 radical (unpaired) electrons. The van der Waals surface area contributed by atoms with Gasteiger partial charge in [-0.25, -0.2) is 0 Å². The molecule has 27 heavy (non-hydrogen) atoms. The Morgan fingerprint density at radius 1 is 0.889 bits per heavy atom. The number of aliphatic hydroxyl groups is 2. The summed E-state index contributed by atoms with van der Waals surface area (Å²) in [6.45, 7) is 12.4. The van der Waals surface area contributed by atoms with E-state index in [4.69, 9.17) is 0 Å². The summed E-state index contributed by atoms with van der Waals surface area (Å²) < 4.78 is 0. The molecule has 3 unspecified atom stereocenters. The second-order valence-corrected chi connectivity index (χ2v) is 11.7. The number of fused-ring (bicyclic) bond motifs is 5. The average Bonchev–Trinajstić information content (AvgIpc) is 2.99. The van der Waals surface area contributed by atoms with Crippen LogP contribution < -0.4 is 0 Å². The van der Waals surface area contributed by atoms with E-state index in [1.165, 1.54) is 38.5 Å². The molecule has 4 rings (SSSR count). The maximum absolute atomic E-state index is 11.3. The minimum absolute atomic E-state index is 0.132. The summed E-state index contributed by atoms with van der Waals surface area (Å²) in [6, 6.07) is 0. The molecule has 4 aliphatic carbocycles. The molecule has 156 valence electrons. The van der Waals surface area contributed by atoms with E-state index >= 15 is 0 Å². The highest BCUT2D eigenvalue weighted by atomic mass is 16.3.